The van der Waals surface area contributed by atoms with Crippen LogP contribution in [0.5, 0.6) is 0 Å². The van der Waals surface area contributed by atoms with Gasteiger partial charge < -0.3 is 10.6 Å². The number of hydrogen-bond donors (Lipinski definition) is 2. The molecule has 0 saturated heterocycles. The van der Waals surface area contributed by atoms with Gasteiger partial charge in [0.2, 0.25) is 0 Å². The van der Waals surface area contributed by atoms with Crippen molar-refractivity contribution < 1.29 is 4.79 Å². The summed E-state index contributed by atoms with van der Waals surface area (Å²) in [6.07, 6.45) is 5.12. The summed E-state index contributed by atoms with van der Waals surface area (Å²) in [5.41, 5.74) is 1.13. The summed E-state index contributed by atoms with van der Waals surface area (Å²) in [7, 11) is 0. The Labute approximate surface area is 109 Å². The van der Waals surface area contributed by atoms with Gasteiger partial charge in [-0.05, 0) is 31.2 Å². The average molecular weight is 246 g/mol. The lowest BCUT2D eigenvalue weighted by Crippen LogP contribution is -2.43. The molecule has 1 aromatic rings. The fourth-order valence-corrected chi connectivity index (χ4v) is 2.61. The lowest BCUT2D eigenvalue weighted by atomic mass is 10.0. The van der Waals surface area contributed by atoms with Crippen LogP contribution in [0.15, 0.2) is 30.3 Å². The second kappa shape index (κ2) is 6.43. The maximum atomic E-state index is 11.8. The molecular weight excluding hydrogens is 224 g/mol. The van der Waals surface area contributed by atoms with Crippen LogP contribution < -0.4 is 10.6 Å². The minimum Gasteiger partial charge on any atom is -0.335 e. The van der Waals surface area contributed by atoms with Gasteiger partial charge in [-0.2, -0.15) is 0 Å². The zero-order valence-corrected chi connectivity index (χ0v) is 11.0. The third-order valence-corrected chi connectivity index (χ3v) is 3.76. The van der Waals surface area contributed by atoms with Crippen molar-refractivity contribution in [3.8, 4) is 0 Å². The van der Waals surface area contributed by atoms with E-state index in [4.69, 9.17) is 0 Å². The van der Waals surface area contributed by atoms with E-state index in [-0.39, 0.29) is 12.1 Å². The molecule has 1 unspecified atom stereocenters. The zero-order valence-electron chi connectivity index (χ0n) is 11.0. The highest BCUT2D eigenvalue weighted by molar-refractivity contribution is 5.74. The van der Waals surface area contributed by atoms with Crippen LogP contribution in [0, 0.1) is 5.92 Å². The summed E-state index contributed by atoms with van der Waals surface area (Å²) in [6.45, 7) is 2.70. The van der Waals surface area contributed by atoms with E-state index in [1.165, 1.54) is 25.7 Å². The van der Waals surface area contributed by atoms with Crippen molar-refractivity contribution in [3.05, 3.63) is 35.9 Å². The molecule has 2 amide bonds. The first-order valence-electron chi connectivity index (χ1n) is 6.84. The van der Waals surface area contributed by atoms with E-state index < -0.39 is 0 Å². The molecule has 1 aliphatic carbocycles. The highest BCUT2D eigenvalue weighted by Crippen LogP contribution is 2.27. The molecule has 0 heterocycles. The minimum absolute atomic E-state index is 0.0572. The number of carbonyl (C=O) groups is 1. The summed E-state index contributed by atoms with van der Waals surface area (Å²) >= 11 is 0. The average Bonchev–Trinajstić information content (AvgIpc) is 2.91. The molecule has 3 heteroatoms. The van der Waals surface area contributed by atoms with Crippen molar-refractivity contribution in [3.63, 3.8) is 0 Å². The number of carbonyl (C=O) groups excluding carboxylic acids is 1. The quantitative estimate of drug-likeness (QED) is 0.842. The molecule has 2 rings (SSSR count). The van der Waals surface area contributed by atoms with Gasteiger partial charge >= 0.3 is 6.03 Å². The molecular formula is C15H22N2O. The first-order valence-corrected chi connectivity index (χ1v) is 6.84. The van der Waals surface area contributed by atoms with Crippen LogP contribution in [0.1, 0.15) is 38.2 Å². The van der Waals surface area contributed by atoms with E-state index in [9.17, 15) is 4.79 Å². The van der Waals surface area contributed by atoms with E-state index in [1.807, 2.05) is 30.3 Å². The van der Waals surface area contributed by atoms with Crippen molar-refractivity contribution in [2.45, 2.75) is 45.2 Å². The minimum atomic E-state index is -0.0572. The monoisotopic (exact) mass is 246 g/mol. The van der Waals surface area contributed by atoms with Gasteiger partial charge in [0, 0.05) is 12.6 Å². The Hall–Kier alpha value is -1.51. The second-order valence-corrected chi connectivity index (χ2v) is 5.15. The first kappa shape index (κ1) is 12.9. The van der Waals surface area contributed by atoms with Crippen LogP contribution >= 0.6 is 0 Å². The topological polar surface area (TPSA) is 41.1 Å². The number of rotatable bonds is 4. The highest BCUT2D eigenvalue weighted by Gasteiger charge is 2.22. The van der Waals surface area contributed by atoms with Crippen LogP contribution in [-0.2, 0) is 6.54 Å². The van der Waals surface area contributed by atoms with Crippen LogP contribution in [-0.4, -0.2) is 12.1 Å². The zero-order chi connectivity index (χ0) is 12.8. The van der Waals surface area contributed by atoms with Crippen molar-refractivity contribution in [2.24, 2.45) is 5.92 Å². The lowest BCUT2D eigenvalue weighted by molar-refractivity contribution is 0.232. The van der Waals surface area contributed by atoms with Crippen LogP contribution in [0.25, 0.3) is 0 Å². The summed E-state index contributed by atoms with van der Waals surface area (Å²) in [5, 5.41) is 5.95. The molecule has 1 aliphatic rings. The molecule has 1 fully saturated rings. The van der Waals surface area contributed by atoms with Crippen molar-refractivity contribution in [2.75, 3.05) is 0 Å². The van der Waals surface area contributed by atoms with Gasteiger partial charge in [0.15, 0.2) is 0 Å². The molecule has 98 valence electrons. The molecule has 0 bridgehead atoms. The number of hydrogen-bond acceptors (Lipinski definition) is 1. The molecule has 0 radical (unpaired) electrons. The second-order valence-electron chi connectivity index (χ2n) is 5.15. The van der Waals surface area contributed by atoms with Crippen molar-refractivity contribution >= 4 is 6.03 Å². The molecule has 0 aromatic heterocycles. The maximum Gasteiger partial charge on any atom is 0.315 e. The Morgan fingerprint density at radius 2 is 1.94 bits per heavy atom. The lowest BCUT2D eigenvalue weighted by Gasteiger charge is -2.20. The molecule has 0 aliphatic heterocycles. The summed E-state index contributed by atoms with van der Waals surface area (Å²) in [4.78, 5) is 11.8. The highest BCUT2D eigenvalue weighted by atomic mass is 16.2. The van der Waals surface area contributed by atoms with Crippen molar-refractivity contribution in [1.29, 1.82) is 0 Å². The Balaban J connectivity index is 1.71. The summed E-state index contributed by atoms with van der Waals surface area (Å²) in [6, 6.07) is 10.2. The predicted molar refractivity (Wildman–Crippen MR) is 73.2 cm³/mol. The van der Waals surface area contributed by atoms with Gasteiger partial charge in [-0.1, -0.05) is 43.2 Å². The smallest absolute Gasteiger partial charge is 0.315 e. The SMILES string of the molecule is CC(NC(=O)NCc1ccccc1)C1CCCC1. The molecule has 3 nitrogen and oxygen atoms in total. The number of urea groups is 1. The van der Waals surface area contributed by atoms with Gasteiger partial charge in [-0.25, -0.2) is 4.79 Å². The molecule has 1 atom stereocenters. The van der Waals surface area contributed by atoms with Crippen LogP contribution in [0.3, 0.4) is 0 Å². The first-order chi connectivity index (χ1) is 8.75. The van der Waals surface area contributed by atoms with Crippen LogP contribution in [0.2, 0.25) is 0 Å². The van der Waals surface area contributed by atoms with E-state index in [2.05, 4.69) is 17.6 Å². The Kier molecular flexibility index (Phi) is 4.62. The fourth-order valence-electron chi connectivity index (χ4n) is 2.61. The van der Waals surface area contributed by atoms with Gasteiger partial charge in [-0.15, -0.1) is 0 Å². The third kappa shape index (κ3) is 3.76. The molecule has 1 saturated carbocycles. The number of benzene rings is 1. The Bertz CT molecular complexity index is 371. The molecule has 0 spiro atoms. The Morgan fingerprint density at radius 3 is 2.61 bits per heavy atom. The Morgan fingerprint density at radius 1 is 1.28 bits per heavy atom. The van der Waals surface area contributed by atoms with Gasteiger partial charge in [-0.3, -0.25) is 0 Å². The summed E-state index contributed by atoms with van der Waals surface area (Å²) in [5.74, 6) is 0.660. The van der Waals surface area contributed by atoms with Crippen LogP contribution in [0.4, 0.5) is 4.79 Å². The molecule has 1 aromatic carbocycles. The third-order valence-electron chi connectivity index (χ3n) is 3.76. The van der Waals surface area contributed by atoms with Gasteiger partial charge in [0.05, 0.1) is 0 Å². The van der Waals surface area contributed by atoms with Gasteiger partial charge in [0.1, 0.15) is 0 Å². The normalized spacial score (nSPS) is 17.4. The number of nitrogens with one attached hydrogen (secondary N) is 2. The van der Waals surface area contributed by atoms with E-state index in [0.29, 0.717) is 12.5 Å². The standard InChI is InChI=1S/C15H22N2O/c1-12(14-9-5-6-10-14)17-15(18)16-11-13-7-3-2-4-8-13/h2-4,7-8,12,14H,5-6,9-11H2,1H3,(H2,16,17,18). The fraction of sp³-hybridized carbons (Fsp3) is 0.533. The summed E-state index contributed by atoms with van der Waals surface area (Å²) < 4.78 is 0. The molecule has 2 N–H and O–H groups in total. The molecule has 18 heavy (non-hydrogen) atoms. The van der Waals surface area contributed by atoms with E-state index >= 15 is 0 Å². The van der Waals surface area contributed by atoms with Gasteiger partial charge in [0.25, 0.3) is 0 Å². The van der Waals surface area contributed by atoms with Crippen molar-refractivity contribution in [1.82, 2.24) is 10.6 Å². The van der Waals surface area contributed by atoms with E-state index in [0.717, 1.165) is 5.56 Å². The largest absolute Gasteiger partial charge is 0.335 e. The maximum absolute atomic E-state index is 11.8. The predicted octanol–water partition coefficient (Wildman–Crippen LogP) is 3.06. The van der Waals surface area contributed by atoms with E-state index in [1.54, 1.807) is 0 Å². The number of amides is 2.